The van der Waals surface area contributed by atoms with Gasteiger partial charge in [0.15, 0.2) is 11.5 Å². The van der Waals surface area contributed by atoms with Gasteiger partial charge in [0.05, 0.1) is 19.9 Å². The quantitative estimate of drug-likeness (QED) is 0.915. The molecule has 0 radical (unpaired) electrons. The second-order valence-corrected chi connectivity index (χ2v) is 6.06. The lowest BCUT2D eigenvalue weighted by Gasteiger charge is -2.29. The number of nitrogens with one attached hydrogen (secondary N) is 1. The highest BCUT2D eigenvalue weighted by atomic mass is 16.5. The maximum absolute atomic E-state index is 12.9. The molecule has 0 saturated heterocycles. The first-order chi connectivity index (χ1) is 11.9. The van der Waals surface area contributed by atoms with Gasteiger partial charge < -0.3 is 19.4 Å². The Balaban J connectivity index is 1.93. The Labute approximate surface area is 145 Å². The number of hydrogen-bond donors (Lipinski definition) is 1. The third-order valence-electron chi connectivity index (χ3n) is 4.44. The molecule has 0 atom stereocenters. The molecule has 1 aliphatic heterocycles. The molecule has 132 valence electrons. The first-order valence-electron chi connectivity index (χ1n) is 8.05. The monoisotopic (exact) mass is 343 g/mol. The minimum Gasteiger partial charge on any atom is -0.493 e. The second kappa shape index (κ2) is 6.58. The van der Waals surface area contributed by atoms with Crippen molar-refractivity contribution < 1.29 is 14.3 Å². The van der Waals surface area contributed by atoms with E-state index >= 15 is 0 Å². The average molecular weight is 343 g/mol. The number of methoxy groups -OCH3 is 2. The van der Waals surface area contributed by atoms with E-state index in [-0.39, 0.29) is 11.5 Å². The first kappa shape index (κ1) is 17.0. The highest BCUT2D eigenvalue weighted by Crippen LogP contribution is 2.33. The van der Waals surface area contributed by atoms with Crippen molar-refractivity contribution >= 4 is 5.91 Å². The zero-order valence-corrected chi connectivity index (χ0v) is 14.8. The lowest BCUT2D eigenvalue weighted by atomic mass is 9.98. The standard InChI is InChI=1S/C18H21N3O4/c1-10-16(17(22)20-11(2)19-10)18(23)21-6-5-12-7-14(24-3)15(25-4)8-13(12)9-21/h7-8H,5-6,9H2,1-4H3,(H,19,20,22). The smallest absolute Gasteiger partial charge is 0.264 e. The van der Waals surface area contributed by atoms with Crippen molar-refractivity contribution in [1.29, 1.82) is 0 Å². The van der Waals surface area contributed by atoms with Crippen LogP contribution in [0.4, 0.5) is 0 Å². The van der Waals surface area contributed by atoms with Crippen molar-refractivity contribution in [3.8, 4) is 11.5 Å². The van der Waals surface area contributed by atoms with Crippen molar-refractivity contribution in [2.75, 3.05) is 20.8 Å². The van der Waals surface area contributed by atoms with Crippen molar-refractivity contribution in [2.24, 2.45) is 0 Å². The highest BCUT2D eigenvalue weighted by Gasteiger charge is 2.26. The van der Waals surface area contributed by atoms with Gasteiger partial charge in [-0.15, -0.1) is 0 Å². The summed E-state index contributed by atoms with van der Waals surface area (Å²) >= 11 is 0. The maximum Gasteiger partial charge on any atom is 0.264 e. The Morgan fingerprint density at radius 3 is 2.40 bits per heavy atom. The number of aryl methyl sites for hydroxylation is 2. The zero-order chi connectivity index (χ0) is 18.1. The number of ether oxygens (including phenoxy) is 2. The summed E-state index contributed by atoms with van der Waals surface area (Å²) in [4.78, 5) is 33.5. The van der Waals surface area contributed by atoms with Crippen LogP contribution in [0, 0.1) is 13.8 Å². The third kappa shape index (κ3) is 3.09. The van der Waals surface area contributed by atoms with Crippen LogP contribution in [0.25, 0.3) is 0 Å². The maximum atomic E-state index is 12.9. The minimum atomic E-state index is -0.395. The number of hydrogen-bond acceptors (Lipinski definition) is 5. The predicted octanol–water partition coefficient (Wildman–Crippen LogP) is 1.60. The van der Waals surface area contributed by atoms with Gasteiger partial charge in [0.25, 0.3) is 11.5 Å². The van der Waals surface area contributed by atoms with Gasteiger partial charge in [-0.1, -0.05) is 0 Å². The normalized spacial score (nSPS) is 13.4. The molecular weight excluding hydrogens is 322 g/mol. The summed E-state index contributed by atoms with van der Waals surface area (Å²) in [5.74, 6) is 1.50. The molecule has 0 spiro atoms. The molecule has 1 aromatic carbocycles. The molecule has 0 unspecified atom stereocenters. The summed E-state index contributed by atoms with van der Waals surface area (Å²) in [5, 5.41) is 0. The Morgan fingerprint density at radius 2 is 1.80 bits per heavy atom. The van der Waals surface area contributed by atoms with Crippen LogP contribution >= 0.6 is 0 Å². The van der Waals surface area contributed by atoms with E-state index in [0.29, 0.717) is 42.5 Å². The van der Waals surface area contributed by atoms with E-state index in [1.54, 1.807) is 33.0 Å². The van der Waals surface area contributed by atoms with Gasteiger partial charge in [0.1, 0.15) is 11.4 Å². The number of aromatic amines is 1. The van der Waals surface area contributed by atoms with Crippen LogP contribution in [0.1, 0.15) is 33.0 Å². The number of benzene rings is 1. The highest BCUT2D eigenvalue weighted by molar-refractivity contribution is 5.95. The van der Waals surface area contributed by atoms with E-state index in [0.717, 1.165) is 11.1 Å². The molecule has 0 aliphatic carbocycles. The first-order valence-corrected chi connectivity index (χ1v) is 8.05. The van der Waals surface area contributed by atoms with E-state index in [1.165, 1.54) is 0 Å². The molecule has 1 amide bonds. The van der Waals surface area contributed by atoms with Gasteiger partial charge in [-0.3, -0.25) is 9.59 Å². The molecule has 3 rings (SSSR count). The largest absolute Gasteiger partial charge is 0.493 e. The topological polar surface area (TPSA) is 84.5 Å². The third-order valence-corrected chi connectivity index (χ3v) is 4.44. The van der Waals surface area contributed by atoms with Crippen LogP contribution in [0.5, 0.6) is 11.5 Å². The molecule has 1 aromatic heterocycles. The van der Waals surface area contributed by atoms with Crippen molar-refractivity contribution in [1.82, 2.24) is 14.9 Å². The van der Waals surface area contributed by atoms with E-state index in [2.05, 4.69) is 9.97 Å². The number of carbonyl (C=O) groups excluding carboxylic acids is 1. The van der Waals surface area contributed by atoms with Gasteiger partial charge in [0.2, 0.25) is 0 Å². The van der Waals surface area contributed by atoms with Gasteiger partial charge >= 0.3 is 0 Å². The summed E-state index contributed by atoms with van der Waals surface area (Å²) < 4.78 is 10.7. The molecule has 1 aliphatic rings. The Kier molecular flexibility index (Phi) is 4.48. The molecule has 0 bridgehead atoms. The van der Waals surface area contributed by atoms with Crippen LogP contribution in [0.15, 0.2) is 16.9 Å². The van der Waals surface area contributed by atoms with Crippen LogP contribution in [0.2, 0.25) is 0 Å². The molecule has 7 heteroatoms. The summed E-state index contributed by atoms with van der Waals surface area (Å²) in [5.41, 5.74) is 2.27. The molecule has 0 saturated carbocycles. The Hall–Kier alpha value is -2.83. The second-order valence-electron chi connectivity index (χ2n) is 6.06. The fourth-order valence-corrected chi connectivity index (χ4v) is 3.19. The number of fused-ring (bicyclic) bond motifs is 1. The molecule has 25 heavy (non-hydrogen) atoms. The van der Waals surface area contributed by atoms with E-state index in [1.807, 2.05) is 12.1 Å². The molecule has 7 nitrogen and oxygen atoms in total. The van der Waals surface area contributed by atoms with Gasteiger partial charge in [-0.05, 0) is 43.5 Å². The fourth-order valence-electron chi connectivity index (χ4n) is 3.19. The van der Waals surface area contributed by atoms with E-state index < -0.39 is 5.56 Å². The predicted molar refractivity (Wildman–Crippen MR) is 92.3 cm³/mol. The van der Waals surface area contributed by atoms with E-state index in [4.69, 9.17) is 9.47 Å². The Morgan fingerprint density at radius 1 is 1.16 bits per heavy atom. The number of H-pyrrole nitrogens is 1. The molecular formula is C18H21N3O4. The lowest BCUT2D eigenvalue weighted by Crippen LogP contribution is -2.39. The molecule has 0 fully saturated rings. The molecule has 1 N–H and O–H groups in total. The Bertz CT molecular complexity index is 889. The van der Waals surface area contributed by atoms with Crippen molar-refractivity contribution in [2.45, 2.75) is 26.8 Å². The number of carbonyl (C=O) groups is 1. The minimum absolute atomic E-state index is 0.106. The van der Waals surface area contributed by atoms with E-state index in [9.17, 15) is 9.59 Å². The van der Waals surface area contributed by atoms with Crippen LogP contribution < -0.4 is 15.0 Å². The number of rotatable bonds is 3. The number of amides is 1. The summed E-state index contributed by atoms with van der Waals surface area (Å²) in [6, 6.07) is 3.83. The zero-order valence-electron chi connectivity index (χ0n) is 14.8. The summed E-state index contributed by atoms with van der Waals surface area (Å²) in [6.45, 7) is 4.33. The van der Waals surface area contributed by atoms with Crippen molar-refractivity contribution in [3.63, 3.8) is 0 Å². The van der Waals surface area contributed by atoms with Crippen LogP contribution in [-0.2, 0) is 13.0 Å². The molecule has 2 aromatic rings. The van der Waals surface area contributed by atoms with Gasteiger partial charge in [-0.25, -0.2) is 4.98 Å². The fraction of sp³-hybridized carbons (Fsp3) is 0.389. The van der Waals surface area contributed by atoms with Crippen LogP contribution in [-0.4, -0.2) is 41.5 Å². The van der Waals surface area contributed by atoms with Gasteiger partial charge in [-0.2, -0.15) is 0 Å². The lowest BCUT2D eigenvalue weighted by molar-refractivity contribution is 0.0731. The summed E-state index contributed by atoms with van der Waals surface area (Å²) in [7, 11) is 3.18. The number of nitrogens with zero attached hydrogens (tertiary/aromatic N) is 2. The number of aromatic nitrogens is 2. The summed E-state index contributed by atoms with van der Waals surface area (Å²) in [6.07, 6.45) is 0.692. The SMILES string of the molecule is COc1cc2c(cc1OC)CN(C(=O)c1c(C)nc(C)[nH]c1=O)CC2. The van der Waals surface area contributed by atoms with Crippen LogP contribution in [0.3, 0.4) is 0 Å². The van der Waals surface area contributed by atoms with Gasteiger partial charge in [0, 0.05) is 13.1 Å². The van der Waals surface area contributed by atoms with Crippen molar-refractivity contribution in [3.05, 3.63) is 50.7 Å². The average Bonchev–Trinajstić information content (AvgIpc) is 2.58. The molecule has 2 heterocycles.